The number of carbonyl (C=O) groups is 1. The first-order valence-corrected chi connectivity index (χ1v) is 6.40. The second-order valence-electron chi connectivity index (χ2n) is 4.51. The zero-order valence-electron chi connectivity index (χ0n) is 11.8. The van der Waals surface area contributed by atoms with Crippen molar-refractivity contribution in [2.24, 2.45) is 0 Å². The van der Waals surface area contributed by atoms with Crippen molar-refractivity contribution in [1.82, 2.24) is 25.1 Å². The maximum Gasteiger partial charge on any atom is 0.216 e. The molecule has 0 aliphatic heterocycles. The van der Waals surface area contributed by atoms with Gasteiger partial charge in [-0.3, -0.25) is 4.79 Å². The fourth-order valence-electron chi connectivity index (χ4n) is 1.85. The molecule has 7 nitrogen and oxygen atoms in total. The molecule has 0 aromatic carbocycles. The van der Waals surface area contributed by atoms with Crippen LogP contribution in [0.15, 0.2) is 18.5 Å². The molecule has 2 aromatic rings. The highest BCUT2D eigenvalue weighted by molar-refractivity contribution is 5.72. The molecule has 0 spiro atoms. The Morgan fingerprint density at radius 3 is 2.70 bits per heavy atom. The summed E-state index contributed by atoms with van der Waals surface area (Å²) >= 11 is 0. The maximum atomic E-state index is 10.8. The summed E-state index contributed by atoms with van der Waals surface area (Å²) < 4.78 is 1.77. The topological polar surface area (TPSA) is 84.7 Å². The largest absolute Gasteiger partial charge is 0.368 e. The molecule has 0 aliphatic rings. The van der Waals surface area contributed by atoms with Gasteiger partial charge >= 0.3 is 0 Å². The van der Waals surface area contributed by atoms with Gasteiger partial charge < -0.3 is 10.6 Å². The van der Waals surface area contributed by atoms with Crippen molar-refractivity contribution < 1.29 is 4.79 Å². The molecule has 2 N–H and O–H groups in total. The zero-order chi connectivity index (χ0) is 14.5. The highest BCUT2D eigenvalue weighted by Crippen LogP contribution is 2.11. The van der Waals surface area contributed by atoms with Gasteiger partial charge in [-0.05, 0) is 19.9 Å². The van der Waals surface area contributed by atoms with Crippen LogP contribution in [0.5, 0.6) is 0 Å². The first kappa shape index (κ1) is 14.0. The average molecular weight is 274 g/mol. The highest BCUT2D eigenvalue weighted by atomic mass is 16.1. The molecule has 2 rings (SSSR count). The predicted octanol–water partition coefficient (Wildman–Crippen LogP) is 0.827. The molecule has 0 aliphatic carbocycles. The second kappa shape index (κ2) is 6.14. The van der Waals surface area contributed by atoms with Gasteiger partial charge in [0.25, 0.3) is 0 Å². The van der Waals surface area contributed by atoms with Crippen LogP contribution in [-0.4, -0.2) is 38.7 Å². The Bertz CT molecular complexity index is 607. The van der Waals surface area contributed by atoms with Gasteiger partial charge in [0.05, 0.1) is 5.69 Å². The van der Waals surface area contributed by atoms with Crippen LogP contribution in [0.1, 0.15) is 18.3 Å². The van der Waals surface area contributed by atoms with E-state index in [0.717, 1.165) is 11.4 Å². The molecule has 1 amide bonds. The first-order valence-electron chi connectivity index (χ1n) is 6.40. The summed E-state index contributed by atoms with van der Waals surface area (Å²) in [7, 11) is 0. The molecule has 0 saturated heterocycles. The summed E-state index contributed by atoms with van der Waals surface area (Å²) in [5.74, 6) is 1.37. The van der Waals surface area contributed by atoms with E-state index in [0.29, 0.717) is 24.7 Å². The Morgan fingerprint density at radius 1 is 1.25 bits per heavy atom. The van der Waals surface area contributed by atoms with E-state index in [4.69, 9.17) is 0 Å². The van der Waals surface area contributed by atoms with Gasteiger partial charge in [0, 0.05) is 31.8 Å². The predicted molar refractivity (Wildman–Crippen MR) is 75.8 cm³/mol. The lowest BCUT2D eigenvalue weighted by atomic mass is 10.4. The number of aryl methyl sites for hydroxylation is 2. The number of aromatic nitrogens is 4. The van der Waals surface area contributed by atoms with E-state index in [-0.39, 0.29) is 5.91 Å². The summed E-state index contributed by atoms with van der Waals surface area (Å²) in [6, 6.07) is 3.82. The molecule has 0 saturated carbocycles. The van der Waals surface area contributed by atoms with Gasteiger partial charge in [-0.15, -0.1) is 0 Å². The number of anilines is 1. The van der Waals surface area contributed by atoms with Gasteiger partial charge in [0.15, 0.2) is 5.82 Å². The Morgan fingerprint density at radius 2 is 2.05 bits per heavy atom. The fraction of sp³-hybridized carbons (Fsp3) is 0.385. The minimum absolute atomic E-state index is 0.0437. The van der Waals surface area contributed by atoms with Crippen LogP contribution in [-0.2, 0) is 4.79 Å². The third kappa shape index (κ3) is 3.53. The Kier molecular flexibility index (Phi) is 4.29. The van der Waals surface area contributed by atoms with Crippen molar-refractivity contribution in [2.45, 2.75) is 20.8 Å². The van der Waals surface area contributed by atoms with Crippen molar-refractivity contribution in [1.29, 1.82) is 0 Å². The van der Waals surface area contributed by atoms with Gasteiger partial charge in [-0.1, -0.05) is 0 Å². The smallest absolute Gasteiger partial charge is 0.216 e. The molecule has 0 fully saturated rings. The Hall–Kier alpha value is -2.44. The summed E-state index contributed by atoms with van der Waals surface area (Å²) in [5, 5.41) is 10.2. The minimum atomic E-state index is -0.0437. The molecule has 7 heteroatoms. The molecule has 2 heterocycles. The van der Waals surface area contributed by atoms with Gasteiger partial charge in [-0.25, -0.2) is 14.6 Å². The summed E-state index contributed by atoms with van der Waals surface area (Å²) in [6.45, 7) is 6.57. The van der Waals surface area contributed by atoms with Crippen molar-refractivity contribution in [3.8, 4) is 5.82 Å². The summed E-state index contributed by atoms with van der Waals surface area (Å²) in [5.41, 5.74) is 1.96. The number of hydrogen-bond acceptors (Lipinski definition) is 5. The van der Waals surface area contributed by atoms with Crippen molar-refractivity contribution >= 4 is 11.7 Å². The highest BCUT2D eigenvalue weighted by Gasteiger charge is 2.06. The summed E-state index contributed by atoms with van der Waals surface area (Å²) in [6.07, 6.45) is 1.49. The van der Waals surface area contributed by atoms with Gasteiger partial charge in [-0.2, -0.15) is 5.10 Å². The van der Waals surface area contributed by atoms with E-state index in [9.17, 15) is 4.79 Å². The molecule has 2 aromatic heterocycles. The van der Waals surface area contributed by atoms with Crippen LogP contribution < -0.4 is 10.6 Å². The quantitative estimate of drug-likeness (QED) is 0.789. The number of nitrogens with one attached hydrogen (secondary N) is 2. The second-order valence-corrected chi connectivity index (χ2v) is 4.51. The molecule has 0 radical (unpaired) electrons. The van der Waals surface area contributed by atoms with Gasteiger partial charge in [0.1, 0.15) is 12.1 Å². The lowest BCUT2D eigenvalue weighted by Crippen LogP contribution is -2.26. The minimum Gasteiger partial charge on any atom is -0.368 e. The normalized spacial score (nSPS) is 10.3. The fourth-order valence-corrected chi connectivity index (χ4v) is 1.85. The number of nitrogens with zero attached hydrogens (tertiary/aromatic N) is 4. The van der Waals surface area contributed by atoms with Crippen LogP contribution in [0.2, 0.25) is 0 Å². The third-order valence-electron chi connectivity index (χ3n) is 2.68. The van der Waals surface area contributed by atoms with E-state index in [1.807, 2.05) is 26.0 Å². The molecular weight excluding hydrogens is 256 g/mol. The lowest BCUT2D eigenvalue weighted by molar-refractivity contribution is -0.118. The van der Waals surface area contributed by atoms with Crippen molar-refractivity contribution in [3.63, 3.8) is 0 Å². The van der Waals surface area contributed by atoms with E-state index >= 15 is 0 Å². The monoisotopic (exact) mass is 274 g/mol. The number of carbonyl (C=O) groups excluding carboxylic acids is 1. The zero-order valence-corrected chi connectivity index (χ0v) is 11.8. The standard InChI is InChI=1S/C13H18N6O/c1-9-6-10(2)19(18-9)13-7-12(16-8-17-13)15-5-4-14-11(3)20/h6-8H,4-5H2,1-3H3,(H,14,20)(H,15,16,17). The summed E-state index contributed by atoms with van der Waals surface area (Å²) in [4.78, 5) is 19.1. The molecule has 0 bridgehead atoms. The van der Waals surface area contributed by atoms with Crippen LogP contribution in [0.25, 0.3) is 5.82 Å². The van der Waals surface area contributed by atoms with Crippen LogP contribution in [0, 0.1) is 13.8 Å². The number of rotatable bonds is 5. The SMILES string of the molecule is CC(=O)NCCNc1cc(-n2nc(C)cc2C)ncn1. The molecule has 106 valence electrons. The number of amides is 1. The van der Waals surface area contributed by atoms with E-state index in [1.54, 1.807) is 4.68 Å². The van der Waals surface area contributed by atoms with E-state index in [2.05, 4.69) is 25.7 Å². The average Bonchev–Trinajstić information content (AvgIpc) is 2.74. The Balaban J connectivity index is 2.04. The van der Waals surface area contributed by atoms with Crippen LogP contribution in [0.4, 0.5) is 5.82 Å². The Labute approximate surface area is 117 Å². The molecule has 20 heavy (non-hydrogen) atoms. The van der Waals surface area contributed by atoms with Crippen LogP contribution in [0.3, 0.4) is 0 Å². The third-order valence-corrected chi connectivity index (χ3v) is 2.68. The molecule has 0 unspecified atom stereocenters. The van der Waals surface area contributed by atoms with E-state index in [1.165, 1.54) is 13.3 Å². The maximum absolute atomic E-state index is 10.8. The van der Waals surface area contributed by atoms with Crippen molar-refractivity contribution in [2.75, 3.05) is 18.4 Å². The van der Waals surface area contributed by atoms with Gasteiger partial charge in [0.2, 0.25) is 5.91 Å². The molecule has 0 atom stereocenters. The lowest BCUT2D eigenvalue weighted by Gasteiger charge is -2.08. The van der Waals surface area contributed by atoms with E-state index < -0.39 is 0 Å². The first-order chi connectivity index (χ1) is 9.56. The number of hydrogen-bond donors (Lipinski definition) is 2. The van der Waals surface area contributed by atoms with Crippen LogP contribution >= 0.6 is 0 Å². The van der Waals surface area contributed by atoms with Crippen molar-refractivity contribution in [3.05, 3.63) is 29.8 Å². The molecular formula is C13H18N6O.